The van der Waals surface area contributed by atoms with Crippen molar-refractivity contribution in [3.63, 3.8) is 0 Å². The van der Waals surface area contributed by atoms with Crippen LogP contribution in [-0.4, -0.2) is 4.98 Å². The highest BCUT2D eigenvalue weighted by Gasteiger charge is 2.04. The molecule has 0 aliphatic heterocycles. The highest BCUT2D eigenvalue weighted by Crippen LogP contribution is 1.99. The molecule has 1 aliphatic carbocycles. The smallest absolute Gasteiger partial charge is 0.102 e. The Balaban J connectivity index is 2.91. The molecule has 0 aromatic carbocycles. The van der Waals surface area contributed by atoms with E-state index >= 15 is 0 Å². The average Bonchev–Trinajstić information content (AvgIpc) is 2.40. The van der Waals surface area contributed by atoms with Gasteiger partial charge in [-0.3, -0.25) is 0 Å². The van der Waals surface area contributed by atoms with Crippen LogP contribution in [0.25, 0.3) is 12.2 Å². The molecule has 0 amide bonds. The number of H-pyrrole nitrogens is 1. The fourth-order valence-electron chi connectivity index (χ4n) is 1.64. The summed E-state index contributed by atoms with van der Waals surface area (Å²) in [7, 11) is 0. The van der Waals surface area contributed by atoms with Crippen LogP contribution in [-0.2, 0) is 0 Å². The minimum absolute atomic E-state index is 0.806. The summed E-state index contributed by atoms with van der Waals surface area (Å²) >= 11 is 0. The second-order valence-electron chi connectivity index (χ2n) is 3.05. The molecule has 2 nitrogen and oxygen atoms in total. The summed E-state index contributed by atoms with van der Waals surface area (Å²) in [5.41, 5.74) is 1.79. The Bertz CT molecular complexity index is 457. The van der Waals surface area contributed by atoms with E-state index in [0.717, 1.165) is 34.7 Å². The molecular weight excluding hydrogens is 148 g/mol. The first kappa shape index (κ1) is 7.17. The van der Waals surface area contributed by atoms with Crippen molar-refractivity contribution in [2.45, 2.75) is 19.8 Å². The summed E-state index contributed by atoms with van der Waals surface area (Å²) < 4.78 is 0. The van der Waals surface area contributed by atoms with Gasteiger partial charge in [0.25, 0.3) is 0 Å². The second-order valence-corrected chi connectivity index (χ2v) is 3.05. The van der Waals surface area contributed by atoms with Crippen molar-refractivity contribution >= 4 is 12.2 Å². The van der Waals surface area contributed by atoms with Crippen LogP contribution in [0.3, 0.4) is 0 Å². The minimum Gasteiger partial charge on any atom is -0.358 e. The Morgan fingerprint density at radius 3 is 2.92 bits per heavy atom. The van der Waals surface area contributed by atoms with E-state index in [-0.39, 0.29) is 0 Å². The van der Waals surface area contributed by atoms with Gasteiger partial charge in [-0.25, -0.2) is 0 Å². The first-order valence-electron chi connectivity index (χ1n) is 4.12. The normalized spacial score (nSPS) is 14.0. The third-order valence-corrected chi connectivity index (χ3v) is 2.23. The number of nitriles is 1. The molecule has 1 aromatic rings. The first-order chi connectivity index (χ1) is 5.83. The number of nitrogens with one attached hydrogen (secondary N) is 1. The van der Waals surface area contributed by atoms with Crippen molar-refractivity contribution in [1.29, 1.82) is 5.26 Å². The van der Waals surface area contributed by atoms with Crippen LogP contribution < -0.4 is 10.6 Å². The largest absolute Gasteiger partial charge is 0.358 e. The lowest BCUT2D eigenvalue weighted by Crippen LogP contribution is -2.26. The highest BCUT2D eigenvalue weighted by molar-refractivity contribution is 5.46. The maximum Gasteiger partial charge on any atom is 0.102 e. The van der Waals surface area contributed by atoms with E-state index in [4.69, 9.17) is 5.26 Å². The van der Waals surface area contributed by atoms with Crippen molar-refractivity contribution < 1.29 is 0 Å². The van der Waals surface area contributed by atoms with E-state index in [2.05, 4.69) is 23.2 Å². The van der Waals surface area contributed by atoms with E-state index < -0.39 is 0 Å². The molecule has 0 bridgehead atoms. The topological polar surface area (TPSA) is 39.6 Å². The Labute approximate surface area is 70.8 Å². The molecule has 60 valence electrons. The van der Waals surface area contributed by atoms with Crippen molar-refractivity contribution in [1.82, 2.24) is 4.98 Å². The number of rotatable bonds is 0. The molecule has 0 unspecified atom stereocenters. The SMILES string of the molecule is Cc1[nH]c2c(c1C#N)=CCCC=2. The quantitative estimate of drug-likeness (QED) is 0.588. The van der Waals surface area contributed by atoms with E-state index in [1.807, 2.05) is 6.92 Å². The van der Waals surface area contributed by atoms with Crippen molar-refractivity contribution in [2.24, 2.45) is 0 Å². The second kappa shape index (κ2) is 2.53. The van der Waals surface area contributed by atoms with Gasteiger partial charge in [0.15, 0.2) is 0 Å². The molecule has 0 atom stereocenters. The van der Waals surface area contributed by atoms with Crippen LogP contribution in [0.1, 0.15) is 24.1 Å². The van der Waals surface area contributed by atoms with Crippen molar-refractivity contribution in [3.05, 3.63) is 21.8 Å². The Hall–Kier alpha value is -1.49. The van der Waals surface area contributed by atoms with Gasteiger partial charge in [-0.15, -0.1) is 0 Å². The zero-order chi connectivity index (χ0) is 8.55. The fourth-order valence-corrected chi connectivity index (χ4v) is 1.64. The van der Waals surface area contributed by atoms with E-state index in [9.17, 15) is 0 Å². The zero-order valence-electron chi connectivity index (χ0n) is 7.02. The third kappa shape index (κ3) is 0.868. The predicted molar refractivity (Wildman–Crippen MR) is 47.7 cm³/mol. The number of hydrogen-bond acceptors (Lipinski definition) is 1. The molecule has 0 spiro atoms. The molecule has 0 saturated heterocycles. The van der Waals surface area contributed by atoms with Gasteiger partial charge in [0, 0.05) is 16.3 Å². The predicted octanol–water partition coefficient (Wildman–Crippen LogP) is 0.550. The molecule has 1 aliphatic rings. The van der Waals surface area contributed by atoms with Gasteiger partial charge in [-0.2, -0.15) is 5.26 Å². The summed E-state index contributed by atoms with van der Waals surface area (Å²) in [5.74, 6) is 0. The molecule has 2 heteroatoms. The lowest BCUT2D eigenvalue weighted by molar-refractivity contribution is 1.09. The maximum atomic E-state index is 8.86. The summed E-state index contributed by atoms with van der Waals surface area (Å²) in [6.07, 6.45) is 6.43. The Kier molecular flexibility index (Phi) is 1.51. The number of fused-ring (bicyclic) bond motifs is 1. The molecule has 1 aromatic heterocycles. The Morgan fingerprint density at radius 2 is 2.17 bits per heavy atom. The van der Waals surface area contributed by atoms with E-state index in [1.54, 1.807) is 0 Å². The molecule has 2 rings (SSSR count). The third-order valence-electron chi connectivity index (χ3n) is 2.23. The van der Waals surface area contributed by atoms with Crippen LogP contribution in [0.2, 0.25) is 0 Å². The van der Waals surface area contributed by atoms with Gasteiger partial charge < -0.3 is 4.98 Å². The maximum absolute atomic E-state index is 8.86. The monoisotopic (exact) mass is 158 g/mol. The van der Waals surface area contributed by atoms with Gasteiger partial charge in [0.05, 0.1) is 5.56 Å². The molecule has 0 saturated carbocycles. The van der Waals surface area contributed by atoms with Crippen LogP contribution in [0.4, 0.5) is 0 Å². The molecular formula is C10H10N2. The van der Waals surface area contributed by atoms with Gasteiger partial charge in [-0.05, 0) is 19.8 Å². The first-order valence-corrected chi connectivity index (χ1v) is 4.12. The van der Waals surface area contributed by atoms with Crippen LogP contribution in [0.15, 0.2) is 0 Å². The van der Waals surface area contributed by atoms with Gasteiger partial charge in [-0.1, -0.05) is 12.2 Å². The van der Waals surface area contributed by atoms with E-state index in [1.165, 1.54) is 0 Å². The lowest BCUT2D eigenvalue weighted by Gasteiger charge is -1.92. The highest BCUT2D eigenvalue weighted by atomic mass is 14.7. The number of nitrogens with zero attached hydrogens (tertiary/aromatic N) is 1. The number of aromatic nitrogens is 1. The van der Waals surface area contributed by atoms with E-state index in [0.29, 0.717) is 0 Å². The molecule has 1 N–H and O–H groups in total. The van der Waals surface area contributed by atoms with Crippen LogP contribution in [0, 0.1) is 18.3 Å². The van der Waals surface area contributed by atoms with Gasteiger partial charge in [0.1, 0.15) is 6.07 Å². The standard InChI is InChI=1S/C10H10N2/c1-7-9(6-11)8-4-2-3-5-10(8)12-7/h4-5,12H,2-3H2,1H3. The zero-order valence-corrected chi connectivity index (χ0v) is 7.02. The van der Waals surface area contributed by atoms with Gasteiger partial charge in [0.2, 0.25) is 0 Å². The van der Waals surface area contributed by atoms with Crippen molar-refractivity contribution in [2.75, 3.05) is 0 Å². The summed E-state index contributed by atoms with van der Waals surface area (Å²) in [5, 5.41) is 11.1. The van der Waals surface area contributed by atoms with Crippen molar-refractivity contribution in [3.8, 4) is 6.07 Å². The lowest BCUT2D eigenvalue weighted by atomic mass is 10.1. The number of hydrogen-bond donors (Lipinski definition) is 1. The van der Waals surface area contributed by atoms with Gasteiger partial charge >= 0.3 is 0 Å². The molecule has 0 fully saturated rings. The fraction of sp³-hybridized carbons (Fsp3) is 0.300. The molecule has 0 radical (unpaired) electrons. The minimum atomic E-state index is 0.806. The summed E-state index contributed by atoms with van der Waals surface area (Å²) in [6.45, 7) is 1.94. The van der Waals surface area contributed by atoms with Crippen LogP contribution >= 0.6 is 0 Å². The van der Waals surface area contributed by atoms with Crippen LogP contribution in [0.5, 0.6) is 0 Å². The summed E-state index contributed by atoms with van der Waals surface area (Å²) in [6, 6.07) is 2.22. The molecule has 1 heterocycles. The number of aromatic amines is 1. The average molecular weight is 158 g/mol. The summed E-state index contributed by atoms with van der Waals surface area (Å²) in [4.78, 5) is 3.21. The number of aryl methyl sites for hydroxylation is 1. The molecule has 12 heavy (non-hydrogen) atoms. The Morgan fingerprint density at radius 1 is 1.42 bits per heavy atom.